The molecule has 0 atom stereocenters. The summed E-state index contributed by atoms with van der Waals surface area (Å²) >= 11 is 0. The fourth-order valence-corrected chi connectivity index (χ4v) is 0.904. The number of ether oxygens (including phenoxy) is 1. The predicted molar refractivity (Wildman–Crippen MR) is 51.8 cm³/mol. The minimum atomic E-state index is -0.819. The monoisotopic (exact) mass is 210 g/mol. The molecule has 0 unspecified atom stereocenters. The van der Waals surface area contributed by atoms with E-state index >= 15 is 0 Å². The molecule has 15 heavy (non-hydrogen) atoms. The van der Waals surface area contributed by atoms with Gasteiger partial charge in [-0.15, -0.1) is 0 Å². The highest BCUT2D eigenvalue weighted by molar-refractivity contribution is 5.90. The lowest BCUT2D eigenvalue weighted by atomic mass is 10.2. The molecule has 1 N–H and O–H groups in total. The van der Waals surface area contributed by atoms with Gasteiger partial charge in [-0.25, -0.2) is 14.6 Å². The van der Waals surface area contributed by atoms with E-state index in [0.29, 0.717) is 6.61 Å². The number of hydrogen-bond donors (Lipinski definition) is 1. The Morgan fingerprint density at radius 3 is 2.93 bits per heavy atom. The molecule has 5 nitrogen and oxygen atoms in total. The number of pyridine rings is 1. The first-order valence-corrected chi connectivity index (χ1v) is 4.49. The fraction of sp³-hybridized carbons (Fsp3) is 0.300. The van der Waals surface area contributed by atoms with Crippen LogP contribution in [-0.2, 0) is 4.74 Å². The molecule has 0 aliphatic rings. The zero-order valence-corrected chi connectivity index (χ0v) is 8.23. The molecule has 0 aliphatic carbocycles. The summed E-state index contributed by atoms with van der Waals surface area (Å²) < 4.78 is 11.3. The van der Waals surface area contributed by atoms with Crippen molar-refractivity contribution < 1.29 is 19.4 Å². The Morgan fingerprint density at radius 2 is 2.40 bits per heavy atom. The van der Waals surface area contributed by atoms with Gasteiger partial charge in [0.15, 0.2) is 0 Å². The minimum absolute atomic E-state index is 0.113. The number of carboxylic acid groups (broad SMARTS) is 1. The Morgan fingerprint density at radius 1 is 1.60 bits per heavy atom. The van der Waals surface area contributed by atoms with Crippen LogP contribution in [0.15, 0.2) is 18.3 Å². The summed E-state index contributed by atoms with van der Waals surface area (Å²) in [6.07, 6.45) is 1.90. The molecule has 0 spiro atoms. The number of esters is 1. The van der Waals surface area contributed by atoms with Gasteiger partial charge in [0.05, 0.1) is 12.2 Å². The van der Waals surface area contributed by atoms with Crippen molar-refractivity contribution in [2.75, 3.05) is 6.61 Å². The summed E-state index contributed by atoms with van der Waals surface area (Å²) in [4.78, 5) is 26.0. The quantitative estimate of drug-likeness (QED) is 0.759. The Hall–Kier alpha value is -1.91. The van der Waals surface area contributed by atoms with E-state index in [2.05, 4.69) is 10.1 Å². The summed E-state index contributed by atoms with van der Waals surface area (Å²) in [5.74, 6) is -1.35. The first kappa shape index (κ1) is 9.64. The number of hydrogen-bond acceptors (Lipinski definition) is 5. The van der Waals surface area contributed by atoms with E-state index in [0.717, 1.165) is 6.42 Å². The molecule has 0 saturated carbocycles. The van der Waals surface area contributed by atoms with Crippen LogP contribution in [0.1, 0.15) is 34.2 Å². The van der Waals surface area contributed by atoms with Crippen LogP contribution in [0.25, 0.3) is 1.43 Å². The molecule has 0 saturated heterocycles. The maximum absolute atomic E-state index is 11.3. The lowest BCUT2D eigenvalue weighted by Gasteiger charge is -2.01. The number of rotatable bonds is 4. The van der Waals surface area contributed by atoms with Gasteiger partial charge >= 0.3 is 11.9 Å². The van der Waals surface area contributed by atoms with Crippen molar-refractivity contribution in [3.05, 3.63) is 29.6 Å². The lowest BCUT2D eigenvalue weighted by molar-refractivity contribution is 0.0497. The van der Waals surface area contributed by atoms with Gasteiger partial charge in [-0.1, -0.05) is 6.92 Å². The average Bonchev–Trinajstić information content (AvgIpc) is 2.35. The van der Waals surface area contributed by atoms with Gasteiger partial charge in [-0.2, -0.15) is 0 Å². The van der Waals surface area contributed by atoms with Crippen molar-refractivity contribution in [2.24, 2.45) is 0 Å². The molecule has 80 valence electrons. The smallest absolute Gasteiger partial charge is 0.356 e. The summed E-state index contributed by atoms with van der Waals surface area (Å²) in [6.45, 7) is 2.21. The van der Waals surface area contributed by atoms with Crippen molar-refractivity contribution in [3.8, 4) is 0 Å². The second-order valence-electron chi connectivity index (χ2n) is 2.86. The third-order valence-electron chi connectivity index (χ3n) is 1.65. The molecule has 0 aliphatic heterocycles. The van der Waals surface area contributed by atoms with Crippen molar-refractivity contribution in [1.82, 2.24) is 4.98 Å². The third kappa shape index (κ3) is 3.05. The molecule has 1 aromatic rings. The van der Waals surface area contributed by atoms with Crippen LogP contribution in [0, 0.1) is 0 Å². The van der Waals surface area contributed by atoms with Crippen molar-refractivity contribution in [3.63, 3.8) is 0 Å². The van der Waals surface area contributed by atoms with E-state index in [-0.39, 0.29) is 11.3 Å². The Balaban J connectivity index is 2.71. The Labute approximate surface area is 88.2 Å². The van der Waals surface area contributed by atoms with E-state index in [9.17, 15) is 9.59 Å². The standard InChI is InChI=1S/C10H11NO4/c1-2-5-15-10(14)8-4-3-7(6-11-8)9(12)13/h3-4,6H,2,5H2,1H3,(H,12,13)/i/hD. The molecule has 0 fully saturated rings. The number of carboxylic acids is 1. The van der Waals surface area contributed by atoms with E-state index in [4.69, 9.17) is 6.17 Å². The largest absolute Gasteiger partial charge is 0.478 e. The first-order chi connectivity index (χ1) is 7.69. The van der Waals surface area contributed by atoms with Crippen molar-refractivity contribution in [2.45, 2.75) is 13.3 Å². The number of aromatic nitrogens is 1. The molecule has 0 bridgehead atoms. The summed E-state index contributed by atoms with van der Waals surface area (Å²) in [6, 6.07) is 2.71. The third-order valence-corrected chi connectivity index (χ3v) is 1.65. The van der Waals surface area contributed by atoms with Crippen molar-refractivity contribution >= 4 is 11.9 Å². The summed E-state index contributed by atoms with van der Waals surface area (Å²) in [5, 5.41) is 3.76. The molecule has 5 heteroatoms. The second-order valence-corrected chi connectivity index (χ2v) is 2.86. The van der Waals surface area contributed by atoms with Crippen LogP contribution >= 0.6 is 0 Å². The highest BCUT2D eigenvalue weighted by Gasteiger charge is 2.09. The van der Waals surface area contributed by atoms with Crippen LogP contribution in [0.2, 0.25) is 0 Å². The van der Waals surface area contributed by atoms with Gasteiger partial charge in [0, 0.05) is 6.20 Å². The van der Waals surface area contributed by atoms with Crippen LogP contribution < -0.4 is 0 Å². The molecule has 1 heterocycles. The molecule has 0 amide bonds. The van der Waals surface area contributed by atoms with Gasteiger partial charge in [-0.3, -0.25) is 0 Å². The highest BCUT2D eigenvalue weighted by Crippen LogP contribution is 2.02. The molecule has 0 radical (unpaired) electrons. The molecule has 1 rings (SSSR count). The molecular formula is C10H11NO4. The number of aromatic carboxylic acids is 1. The maximum atomic E-state index is 11.3. The van der Waals surface area contributed by atoms with Crippen LogP contribution in [0.3, 0.4) is 0 Å². The van der Waals surface area contributed by atoms with E-state index in [1.807, 2.05) is 6.92 Å². The van der Waals surface area contributed by atoms with E-state index in [1.165, 1.54) is 18.3 Å². The Bertz CT molecular complexity index is 377. The zero-order valence-electron chi connectivity index (χ0n) is 9.23. The highest BCUT2D eigenvalue weighted by atomic mass is 16.5. The van der Waals surface area contributed by atoms with Crippen molar-refractivity contribution in [1.29, 1.82) is 1.43 Å². The molecule has 0 aromatic carbocycles. The summed E-state index contributed by atoms with van der Waals surface area (Å²) in [5.41, 5.74) is 0.233. The van der Waals surface area contributed by atoms with Gasteiger partial charge < -0.3 is 9.85 Å². The van der Waals surface area contributed by atoms with Crippen LogP contribution in [-0.4, -0.2) is 28.6 Å². The van der Waals surface area contributed by atoms with Gasteiger partial charge in [0.25, 0.3) is 1.43 Å². The second kappa shape index (κ2) is 5.09. The van der Waals surface area contributed by atoms with Gasteiger partial charge in [0.2, 0.25) is 0 Å². The number of carbonyl (C=O) groups excluding carboxylic acids is 1. The fourth-order valence-electron chi connectivity index (χ4n) is 0.904. The topological polar surface area (TPSA) is 76.5 Å². The van der Waals surface area contributed by atoms with E-state index in [1.54, 1.807) is 0 Å². The zero-order chi connectivity index (χ0) is 12.0. The average molecular weight is 210 g/mol. The minimum Gasteiger partial charge on any atom is -0.478 e. The molecule has 1 aromatic heterocycles. The lowest BCUT2D eigenvalue weighted by Crippen LogP contribution is -2.08. The first-order valence-electron chi connectivity index (χ1n) is 4.90. The predicted octanol–water partition coefficient (Wildman–Crippen LogP) is 1.35. The normalized spacial score (nSPS) is 10.3. The van der Waals surface area contributed by atoms with Crippen LogP contribution in [0.5, 0.6) is 0 Å². The van der Waals surface area contributed by atoms with E-state index < -0.39 is 11.9 Å². The Kier molecular flexibility index (Phi) is 3.27. The molecular weight excluding hydrogens is 198 g/mol. The van der Waals surface area contributed by atoms with Crippen LogP contribution in [0.4, 0.5) is 0 Å². The van der Waals surface area contributed by atoms with Gasteiger partial charge in [-0.05, 0) is 18.6 Å². The number of carbonyl (C=O) groups is 2. The van der Waals surface area contributed by atoms with Gasteiger partial charge in [0.1, 0.15) is 5.69 Å². The summed E-state index contributed by atoms with van der Waals surface area (Å²) in [7, 11) is 0. The maximum Gasteiger partial charge on any atom is 0.356 e. The number of nitrogens with zero attached hydrogens (tertiary/aromatic N) is 1. The SMILES string of the molecule is [2H]OC(=O)c1ccc(C(=O)OCCC)nc1.